The Kier molecular flexibility index (Phi) is 7.73. The van der Waals surface area contributed by atoms with Crippen LogP contribution in [0.15, 0.2) is 29.2 Å². The van der Waals surface area contributed by atoms with Gasteiger partial charge in [0.1, 0.15) is 5.82 Å². The number of sulfonamides is 1. The molecule has 0 unspecified atom stereocenters. The molecule has 5 rings (SSSR count). The number of anilines is 4. The van der Waals surface area contributed by atoms with E-state index in [1.165, 1.54) is 18.9 Å². The molecule has 1 saturated heterocycles. The smallest absolute Gasteiger partial charge is 0.258 e. The predicted octanol–water partition coefficient (Wildman–Crippen LogP) is 2.16. The highest BCUT2D eigenvalue weighted by molar-refractivity contribution is 7.89. The second-order valence-corrected chi connectivity index (χ2v) is 13.7. The summed E-state index contributed by atoms with van der Waals surface area (Å²) in [7, 11) is -1.86. The second-order valence-electron chi connectivity index (χ2n) is 11.9. The van der Waals surface area contributed by atoms with Crippen LogP contribution in [-0.4, -0.2) is 81.5 Å². The third-order valence-corrected chi connectivity index (χ3v) is 9.77. The van der Waals surface area contributed by atoms with Crippen molar-refractivity contribution in [3.8, 4) is 0 Å². The summed E-state index contributed by atoms with van der Waals surface area (Å²) in [4.78, 5) is 22.7. The average Bonchev–Trinajstić information content (AvgIpc) is 3.57. The van der Waals surface area contributed by atoms with Gasteiger partial charge in [0, 0.05) is 33.2 Å². The topological polar surface area (TPSA) is 147 Å². The van der Waals surface area contributed by atoms with Crippen LogP contribution < -0.4 is 25.2 Å². The van der Waals surface area contributed by atoms with Gasteiger partial charge in [0.15, 0.2) is 5.82 Å². The molecule has 1 saturated carbocycles. The number of pyridine rings is 1. The molecule has 1 aliphatic carbocycles. The standard InChI is InChI=1S/C28H40N6O5S/c1-27(2,18-36)32-25-24-19(6-12-33(24)3)16-23(30-25)31-26(37)21-5-4-20(40(38,39)29-11-15-35)17-22(21)34-13-9-28(7-8-28)10-14-34/h4-5,16-17,29,35-36H,6-15,18H2,1-3H3,(H2,30,31,32,37). The molecule has 40 heavy (non-hydrogen) atoms. The van der Waals surface area contributed by atoms with Crippen molar-refractivity contribution < 1.29 is 23.4 Å². The molecule has 1 spiro atoms. The van der Waals surface area contributed by atoms with E-state index in [1.54, 1.807) is 12.1 Å². The number of nitrogens with one attached hydrogen (secondary N) is 3. The van der Waals surface area contributed by atoms with Crippen LogP contribution >= 0.6 is 0 Å². The number of nitrogens with zero attached hydrogens (tertiary/aromatic N) is 3. The van der Waals surface area contributed by atoms with E-state index in [9.17, 15) is 18.3 Å². The lowest BCUT2D eigenvalue weighted by molar-refractivity contribution is 0.102. The summed E-state index contributed by atoms with van der Waals surface area (Å²) in [6.07, 6.45) is 5.30. The van der Waals surface area contributed by atoms with E-state index in [0.717, 1.165) is 50.1 Å². The molecule has 1 aromatic heterocycles. The van der Waals surface area contributed by atoms with Crippen LogP contribution in [-0.2, 0) is 16.4 Å². The minimum absolute atomic E-state index is 0.0515. The number of benzene rings is 1. The minimum atomic E-state index is -3.85. The number of aromatic nitrogens is 1. The minimum Gasteiger partial charge on any atom is -0.395 e. The first-order chi connectivity index (χ1) is 19.0. The van der Waals surface area contributed by atoms with Crippen molar-refractivity contribution in [3.05, 3.63) is 35.4 Å². The van der Waals surface area contributed by atoms with E-state index in [-0.39, 0.29) is 30.6 Å². The van der Waals surface area contributed by atoms with Crippen molar-refractivity contribution in [1.82, 2.24) is 9.71 Å². The molecule has 218 valence electrons. The molecule has 3 heterocycles. The van der Waals surface area contributed by atoms with Gasteiger partial charge in [0.25, 0.3) is 5.91 Å². The Bertz CT molecular complexity index is 1380. The van der Waals surface area contributed by atoms with Gasteiger partial charge in [-0.25, -0.2) is 18.1 Å². The summed E-state index contributed by atoms with van der Waals surface area (Å²) < 4.78 is 28.1. The molecule has 2 aliphatic heterocycles. The molecular formula is C28H40N6O5S. The summed E-state index contributed by atoms with van der Waals surface area (Å²) in [5.74, 6) is 0.604. The maximum absolute atomic E-state index is 13.7. The largest absolute Gasteiger partial charge is 0.395 e. The van der Waals surface area contributed by atoms with E-state index in [1.807, 2.05) is 27.0 Å². The second kappa shape index (κ2) is 10.8. The lowest BCUT2D eigenvalue weighted by atomic mass is 9.93. The fourth-order valence-electron chi connectivity index (χ4n) is 5.60. The SMILES string of the molecule is CN1CCc2cc(NC(=O)c3ccc(S(=O)(=O)NCCO)cc3N3CCC4(CC3)CC4)nc(NC(C)(C)CO)c21. The number of piperidine rings is 1. The molecular weight excluding hydrogens is 532 g/mol. The number of aliphatic hydroxyl groups excluding tert-OH is 2. The van der Waals surface area contributed by atoms with Crippen LogP contribution in [0.3, 0.4) is 0 Å². The normalized spacial score (nSPS) is 18.1. The first-order valence-electron chi connectivity index (χ1n) is 13.9. The molecule has 12 heteroatoms. The van der Waals surface area contributed by atoms with E-state index in [0.29, 0.717) is 28.3 Å². The number of rotatable bonds is 10. The van der Waals surface area contributed by atoms with Gasteiger partial charge in [-0.3, -0.25) is 4.79 Å². The van der Waals surface area contributed by atoms with E-state index >= 15 is 0 Å². The van der Waals surface area contributed by atoms with Gasteiger partial charge in [0.05, 0.1) is 40.6 Å². The number of amides is 1. The van der Waals surface area contributed by atoms with Crippen molar-refractivity contribution in [2.75, 3.05) is 66.9 Å². The van der Waals surface area contributed by atoms with Crippen LogP contribution in [0, 0.1) is 5.41 Å². The first kappa shape index (κ1) is 28.6. The van der Waals surface area contributed by atoms with Crippen molar-refractivity contribution in [3.63, 3.8) is 0 Å². The molecule has 1 aromatic carbocycles. The third-order valence-electron chi connectivity index (χ3n) is 8.31. The van der Waals surface area contributed by atoms with Crippen LogP contribution in [0.1, 0.15) is 55.5 Å². The Morgan fingerprint density at radius 3 is 2.48 bits per heavy atom. The van der Waals surface area contributed by atoms with Gasteiger partial charge in [-0.05, 0) is 81.2 Å². The van der Waals surface area contributed by atoms with Crippen molar-refractivity contribution >= 4 is 38.9 Å². The van der Waals surface area contributed by atoms with Crippen LogP contribution in [0.25, 0.3) is 0 Å². The Morgan fingerprint density at radius 2 is 1.82 bits per heavy atom. The van der Waals surface area contributed by atoms with Crippen molar-refractivity contribution in [1.29, 1.82) is 0 Å². The summed E-state index contributed by atoms with van der Waals surface area (Å²) in [5, 5.41) is 25.2. The Labute approximate surface area is 236 Å². The quantitative estimate of drug-likeness (QED) is 0.289. The van der Waals surface area contributed by atoms with E-state index in [2.05, 4.69) is 25.2 Å². The number of hydrogen-bond donors (Lipinski definition) is 5. The van der Waals surface area contributed by atoms with Gasteiger partial charge < -0.3 is 30.6 Å². The highest BCUT2D eigenvalue weighted by Crippen LogP contribution is 2.54. The average molecular weight is 573 g/mol. The highest BCUT2D eigenvalue weighted by atomic mass is 32.2. The zero-order chi connectivity index (χ0) is 28.7. The molecule has 0 bridgehead atoms. The van der Waals surface area contributed by atoms with Gasteiger partial charge in [-0.1, -0.05) is 0 Å². The molecule has 0 radical (unpaired) electrons. The number of likely N-dealkylation sites (N-methyl/N-ethyl adjacent to an activating group) is 1. The predicted molar refractivity (Wildman–Crippen MR) is 156 cm³/mol. The number of carbonyl (C=O) groups excluding carboxylic acids is 1. The maximum atomic E-state index is 13.7. The van der Waals surface area contributed by atoms with Crippen LogP contribution in [0.4, 0.5) is 23.0 Å². The summed E-state index contributed by atoms with van der Waals surface area (Å²) in [6, 6.07) is 6.41. The van der Waals surface area contributed by atoms with Gasteiger partial charge >= 0.3 is 0 Å². The number of hydrogen-bond acceptors (Lipinski definition) is 9. The zero-order valence-electron chi connectivity index (χ0n) is 23.5. The Morgan fingerprint density at radius 1 is 1.10 bits per heavy atom. The van der Waals surface area contributed by atoms with Gasteiger partial charge in [-0.2, -0.15) is 0 Å². The molecule has 2 fully saturated rings. The summed E-state index contributed by atoms with van der Waals surface area (Å²) in [6.45, 7) is 5.59. The van der Waals surface area contributed by atoms with Crippen molar-refractivity contribution in [2.45, 2.75) is 56.4 Å². The van der Waals surface area contributed by atoms with Crippen molar-refractivity contribution in [2.24, 2.45) is 5.41 Å². The third kappa shape index (κ3) is 5.90. The lowest BCUT2D eigenvalue weighted by Gasteiger charge is -2.35. The molecule has 2 aromatic rings. The lowest BCUT2D eigenvalue weighted by Crippen LogP contribution is -2.36. The number of aliphatic hydroxyl groups is 2. The Hall–Kier alpha value is -2.93. The van der Waals surface area contributed by atoms with Crippen LogP contribution in [0.5, 0.6) is 0 Å². The molecule has 11 nitrogen and oxygen atoms in total. The van der Waals surface area contributed by atoms with E-state index < -0.39 is 15.6 Å². The fourth-order valence-corrected chi connectivity index (χ4v) is 6.64. The number of fused-ring (bicyclic) bond motifs is 1. The zero-order valence-corrected chi connectivity index (χ0v) is 24.3. The Balaban J connectivity index is 1.47. The molecule has 0 atom stereocenters. The number of carbonyl (C=O) groups is 1. The molecule has 1 amide bonds. The van der Waals surface area contributed by atoms with E-state index in [4.69, 9.17) is 10.1 Å². The first-order valence-corrected chi connectivity index (χ1v) is 15.4. The summed E-state index contributed by atoms with van der Waals surface area (Å²) in [5.41, 5.74) is 2.74. The summed E-state index contributed by atoms with van der Waals surface area (Å²) >= 11 is 0. The monoisotopic (exact) mass is 572 g/mol. The van der Waals surface area contributed by atoms with Crippen LogP contribution in [0.2, 0.25) is 0 Å². The fraction of sp³-hybridized carbons (Fsp3) is 0.571. The highest BCUT2D eigenvalue weighted by Gasteiger charge is 2.44. The van der Waals surface area contributed by atoms with Gasteiger partial charge in [0.2, 0.25) is 10.0 Å². The van der Waals surface area contributed by atoms with Gasteiger partial charge in [-0.15, -0.1) is 0 Å². The molecule has 5 N–H and O–H groups in total. The maximum Gasteiger partial charge on any atom is 0.258 e. The molecule has 3 aliphatic rings.